The first-order valence-corrected chi connectivity index (χ1v) is 11.6. The summed E-state index contributed by atoms with van der Waals surface area (Å²) in [4.78, 5) is 40.6. The van der Waals surface area contributed by atoms with Crippen LogP contribution in [0.5, 0.6) is 0 Å². The fourth-order valence-corrected chi connectivity index (χ4v) is 4.15. The van der Waals surface area contributed by atoms with Crippen molar-refractivity contribution in [2.24, 2.45) is 0 Å². The van der Waals surface area contributed by atoms with E-state index in [4.69, 9.17) is 5.73 Å². The molecule has 0 bridgehead atoms. The topological polar surface area (TPSA) is 95.7 Å². The molecular formula is C27H25F3N4O3. The number of carbonyl (C=O) groups is 3. The van der Waals surface area contributed by atoms with Crippen molar-refractivity contribution in [3.05, 3.63) is 89.5 Å². The number of amides is 3. The summed E-state index contributed by atoms with van der Waals surface area (Å²) in [5.74, 6) is -1.48. The molecule has 1 heterocycles. The highest BCUT2D eigenvalue weighted by Crippen LogP contribution is 2.32. The van der Waals surface area contributed by atoms with E-state index in [2.05, 4.69) is 5.32 Å². The summed E-state index contributed by atoms with van der Waals surface area (Å²) in [6.07, 6.45) is -4.64. The van der Waals surface area contributed by atoms with Gasteiger partial charge in [0.25, 0.3) is 11.8 Å². The summed E-state index contributed by atoms with van der Waals surface area (Å²) in [5.41, 5.74) is 7.25. The van der Waals surface area contributed by atoms with Crippen LogP contribution in [0.2, 0.25) is 0 Å². The molecule has 1 fully saturated rings. The predicted octanol–water partition coefficient (Wildman–Crippen LogP) is 3.67. The van der Waals surface area contributed by atoms with E-state index in [-0.39, 0.29) is 38.6 Å². The van der Waals surface area contributed by atoms with Crippen LogP contribution < -0.4 is 11.1 Å². The number of nitrogen functional groups attached to an aromatic ring is 1. The summed E-state index contributed by atoms with van der Waals surface area (Å²) in [6.45, 7) is 0.264. The third-order valence-electron chi connectivity index (χ3n) is 6.15. The zero-order valence-corrected chi connectivity index (χ0v) is 19.8. The SMILES string of the molecule is Nc1cccc(-c2ccc(C(=O)NCC(=O)N3CCN(C(=O)c4ccccc4C(F)(F)F)CC3)cc2)c1. The minimum Gasteiger partial charge on any atom is -0.399 e. The van der Waals surface area contributed by atoms with E-state index in [9.17, 15) is 27.6 Å². The molecule has 1 aliphatic heterocycles. The van der Waals surface area contributed by atoms with Gasteiger partial charge in [0.05, 0.1) is 17.7 Å². The summed E-state index contributed by atoms with van der Waals surface area (Å²) < 4.78 is 39.8. The largest absolute Gasteiger partial charge is 0.417 e. The Bertz CT molecular complexity index is 1300. The van der Waals surface area contributed by atoms with Crippen molar-refractivity contribution in [1.82, 2.24) is 15.1 Å². The van der Waals surface area contributed by atoms with Gasteiger partial charge in [0.2, 0.25) is 5.91 Å². The van der Waals surface area contributed by atoms with E-state index in [1.54, 1.807) is 30.3 Å². The molecule has 0 atom stereocenters. The van der Waals surface area contributed by atoms with Gasteiger partial charge in [-0.05, 0) is 47.5 Å². The number of rotatable bonds is 5. The average molecular weight is 511 g/mol. The first-order valence-electron chi connectivity index (χ1n) is 11.6. The maximum Gasteiger partial charge on any atom is 0.417 e. The number of halogens is 3. The molecule has 1 saturated heterocycles. The average Bonchev–Trinajstić information content (AvgIpc) is 2.91. The second-order valence-electron chi connectivity index (χ2n) is 8.60. The maximum absolute atomic E-state index is 13.3. The van der Waals surface area contributed by atoms with Crippen LogP contribution in [0.4, 0.5) is 18.9 Å². The molecule has 0 unspecified atom stereocenters. The monoisotopic (exact) mass is 510 g/mol. The molecule has 37 heavy (non-hydrogen) atoms. The minimum atomic E-state index is -4.64. The number of hydrogen-bond acceptors (Lipinski definition) is 4. The Kier molecular flexibility index (Phi) is 7.47. The molecule has 3 N–H and O–H groups in total. The molecule has 4 rings (SSSR count). The molecule has 0 spiro atoms. The van der Waals surface area contributed by atoms with E-state index < -0.39 is 29.1 Å². The summed E-state index contributed by atoms with van der Waals surface area (Å²) in [5, 5.41) is 2.59. The summed E-state index contributed by atoms with van der Waals surface area (Å²) >= 11 is 0. The number of benzene rings is 3. The Hall–Kier alpha value is -4.34. The van der Waals surface area contributed by atoms with Gasteiger partial charge in [-0.1, -0.05) is 36.4 Å². The van der Waals surface area contributed by atoms with Crippen molar-refractivity contribution in [1.29, 1.82) is 0 Å². The standard InChI is InChI=1S/C27H25F3N4O3/c28-27(29,30)23-7-2-1-6-22(23)26(37)34-14-12-33(13-15-34)24(35)17-32-25(36)19-10-8-18(9-11-19)20-4-3-5-21(31)16-20/h1-11,16H,12-15,17,31H2,(H,32,36). The third-order valence-corrected chi connectivity index (χ3v) is 6.15. The lowest BCUT2D eigenvalue weighted by Gasteiger charge is -2.35. The van der Waals surface area contributed by atoms with Crippen LogP contribution in [-0.4, -0.2) is 60.2 Å². The van der Waals surface area contributed by atoms with Gasteiger partial charge < -0.3 is 20.9 Å². The van der Waals surface area contributed by atoms with Crippen LogP contribution in [0, 0.1) is 0 Å². The van der Waals surface area contributed by atoms with Crippen molar-refractivity contribution in [2.45, 2.75) is 6.18 Å². The second kappa shape index (κ2) is 10.7. The lowest BCUT2D eigenvalue weighted by Crippen LogP contribution is -2.52. The van der Waals surface area contributed by atoms with Crippen LogP contribution >= 0.6 is 0 Å². The minimum absolute atomic E-state index is 0.0934. The van der Waals surface area contributed by atoms with Crippen molar-refractivity contribution in [3.8, 4) is 11.1 Å². The van der Waals surface area contributed by atoms with Gasteiger partial charge >= 0.3 is 6.18 Å². The third kappa shape index (κ3) is 6.08. The number of carbonyl (C=O) groups excluding carboxylic acids is 3. The Morgan fingerprint density at radius 3 is 2.11 bits per heavy atom. The molecule has 192 valence electrons. The van der Waals surface area contributed by atoms with Gasteiger partial charge in [-0.2, -0.15) is 13.2 Å². The normalized spacial score (nSPS) is 13.8. The van der Waals surface area contributed by atoms with Crippen LogP contribution in [-0.2, 0) is 11.0 Å². The van der Waals surface area contributed by atoms with E-state index in [1.807, 2.05) is 18.2 Å². The van der Waals surface area contributed by atoms with Gasteiger partial charge in [0.15, 0.2) is 0 Å². The highest BCUT2D eigenvalue weighted by Gasteiger charge is 2.36. The molecule has 10 heteroatoms. The molecule has 0 saturated carbocycles. The van der Waals surface area contributed by atoms with E-state index in [1.165, 1.54) is 21.9 Å². The molecule has 1 aliphatic rings. The lowest BCUT2D eigenvalue weighted by molar-refractivity contribution is -0.138. The van der Waals surface area contributed by atoms with Crippen LogP contribution in [0.25, 0.3) is 11.1 Å². The van der Waals surface area contributed by atoms with Gasteiger partial charge in [-0.25, -0.2) is 0 Å². The molecule has 3 amide bonds. The Morgan fingerprint density at radius 1 is 0.811 bits per heavy atom. The fraction of sp³-hybridized carbons (Fsp3) is 0.222. The molecule has 7 nitrogen and oxygen atoms in total. The zero-order valence-electron chi connectivity index (χ0n) is 19.8. The number of nitrogens with zero attached hydrogens (tertiary/aromatic N) is 2. The molecular weight excluding hydrogens is 485 g/mol. The highest BCUT2D eigenvalue weighted by molar-refractivity contribution is 5.97. The zero-order chi connectivity index (χ0) is 26.6. The first kappa shape index (κ1) is 25.7. The molecule has 0 aromatic heterocycles. The molecule has 3 aromatic carbocycles. The van der Waals surface area contributed by atoms with Crippen LogP contribution in [0.3, 0.4) is 0 Å². The van der Waals surface area contributed by atoms with Gasteiger partial charge in [-0.3, -0.25) is 14.4 Å². The van der Waals surface area contributed by atoms with Gasteiger partial charge in [0, 0.05) is 37.4 Å². The molecule has 0 aliphatic carbocycles. The number of nitrogens with one attached hydrogen (secondary N) is 1. The second-order valence-corrected chi connectivity index (χ2v) is 8.60. The summed E-state index contributed by atoms with van der Waals surface area (Å²) in [7, 11) is 0. The van der Waals surface area contributed by atoms with E-state index in [0.29, 0.717) is 11.3 Å². The number of anilines is 1. The quantitative estimate of drug-likeness (QED) is 0.512. The van der Waals surface area contributed by atoms with E-state index in [0.717, 1.165) is 23.3 Å². The fourth-order valence-electron chi connectivity index (χ4n) is 4.15. The Morgan fingerprint density at radius 2 is 1.46 bits per heavy atom. The van der Waals surface area contributed by atoms with Crippen molar-refractivity contribution in [2.75, 3.05) is 38.5 Å². The Balaban J connectivity index is 1.28. The van der Waals surface area contributed by atoms with Crippen LogP contribution in [0.1, 0.15) is 26.3 Å². The van der Waals surface area contributed by atoms with E-state index >= 15 is 0 Å². The first-order chi connectivity index (χ1) is 17.6. The number of hydrogen-bond donors (Lipinski definition) is 2. The number of piperazine rings is 1. The predicted molar refractivity (Wildman–Crippen MR) is 133 cm³/mol. The lowest BCUT2D eigenvalue weighted by atomic mass is 10.0. The van der Waals surface area contributed by atoms with Crippen molar-refractivity contribution in [3.63, 3.8) is 0 Å². The summed E-state index contributed by atoms with van der Waals surface area (Å²) in [6, 6.07) is 18.9. The maximum atomic E-state index is 13.3. The number of alkyl halides is 3. The van der Waals surface area contributed by atoms with Gasteiger partial charge in [0.1, 0.15) is 0 Å². The van der Waals surface area contributed by atoms with Crippen molar-refractivity contribution >= 4 is 23.4 Å². The molecule has 0 radical (unpaired) electrons. The highest BCUT2D eigenvalue weighted by atomic mass is 19.4. The Labute approximate surface area is 211 Å². The number of nitrogens with two attached hydrogens (primary N) is 1. The van der Waals surface area contributed by atoms with Gasteiger partial charge in [-0.15, -0.1) is 0 Å². The smallest absolute Gasteiger partial charge is 0.399 e. The van der Waals surface area contributed by atoms with Crippen LogP contribution in [0.15, 0.2) is 72.8 Å². The van der Waals surface area contributed by atoms with Crippen molar-refractivity contribution < 1.29 is 27.6 Å². The molecule has 3 aromatic rings.